The van der Waals surface area contributed by atoms with Gasteiger partial charge in [0.1, 0.15) is 42.0 Å². The first kappa shape index (κ1) is 31.2. The maximum atomic E-state index is 13.6. The van der Waals surface area contributed by atoms with Gasteiger partial charge in [0.2, 0.25) is 18.1 Å². The fourth-order valence-corrected chi connectivity index (χ4v) is 4.78. The number of rotatable bonds is 10. The van der Waals surface area contributed by atoms with Crippen molar-refractivity contribution in [2.24, 2.45) is 5.73 Å². The van der Waals surface area contributed by atoms with E-state index in [1.807, 2.05) is 7.05 Å². The van der Waals surface area contributed by atoms with Crippen LogP contribution in [0.1, 0.15) is 17.2 Å². The van der Waals surface area contributed by atoms with Crippen molar-refractivity contribution in [3.63, 3.8) is 0 Å². The van der Waals surface area contributed by atoms with Gasteiger partial charge in [0, 0.05) is 43.0 Å². The van der Waals surface area contributed by atoms with E-state index in [0.717, 1.165) is 13.1 Å². The number of carbonyl (C=O) groups is 2. The Morgan fingerprint density at radius 2 is 1.79 bits per heavy atom. The molecule has 0 bridgehead atoms. The summed E-state index contributed by atoms with van der Waals surface area (Å²) in [5.74, 6) is -0.846. The van der Waals surface area contributed by atoms with Crippen molar-refractivity contribution in [1.82, 2.24) is 15.1 Å². The number of carbonyl (C=O) groups excluding carboxylic acids is 2. The number of piperazine rings is 1. The van der Waals surface area contributed by atoms with Crippen LogP contribution in [0.2, 0.25) is 0 Å². The highest BCUT2D eigenvalue weighted by molar-refractivity contribution is 5.96. The highest BCUT2D eigenvalue weighted by Crippen LogP contribution is 2.32. The molecular weight excluding hydrogens is 548 g/mol. The standard InChI is InChI=1S/C28H38N6O8/c1-33-9-11-34(12-10-33)21(36)14-31-27(40)22(32-17-6-4-5-16(13-17)26(29)30)18-7-2-3-8-19(18)41-28-25(39)24(38)23(37)20(15-35)42-28/h2-8,13,20,22-25,28,32,35,37-39H,9-12,14-15H2,1H3,(H3,29,30)(H,31,40)/t20-,22?,23-,24+,25-,28-/m1/s1. The number of aliphatic hydroxyl groups excluding tert-OH is 4. The second-order valence-corrected chi connectivity index (χ2v) is 10.3. The summed E-state index contributed by atoms with van der Waals surface area (Å²) < 4.78 is 11.4. The Hall–Kier alpha value is -3.79. The molecule has 2 heterocycles. The van der Waals surface area contributed by atoms with Gasteiger partial charge >= 0.3 is 0 Å². The normalized spacial score (nSPS) is 25.4. The molecule has 14 nitrogen and oxygen atoms in total. The van der Waals surface area contributed by atoms with E-state index in [0.29, 0.717) is 29.9 Å². The van der Waals surface area contributed by atoms with Gasteiger partial charge < -0.3 is 56.1 Å². The highest BCUT2D eigenvalue weighted by atomic mass is 16.7. The van der Waals surface area contributed by atoms with Crippen molar-refractivity contribution in [2.75, 3.05) is 51.7 Å². The van der Waals surface area contributed by atoms with Crippen molar-refractivity contribution in [2.45, 2.75) is 36.7 Å². The van der Waals surface area contributed by atoms with Crippen molar-refractivity contribution < 1.29 is 39.5 Å². The molecule has 9 N–H and O–H groups in total. The second kappa shape index (κ2) is 13.9. The summed E-state index contributed by atoms with van der Waals surface area (Å²) in [4.78, 5) is 30.3. The lowest BCUT2D eigenvalue weighted by Gasteiger charge is -2.40. The lowest BCUT2D eigenvalue weighted by Crippen LogP contribution is -2.60. The van der Waals surface area contributed by atoms with E-state index >= 15 is 0 Å². The fraction of sp³-hybridized carbons (Fsp3) is 0.464. The van der Waals surface area contributed by atoms with Crippen LogP contribution in [0.5, 0.6) is 5.75 Å². The molecule has 0 saturated carbocycles. The van der Waals surface area contributed by atoms with Gasteiger partial charge in [-0.3, -0.25) is 15.0 Å². The van der Waals surface area contributed by atoms with Gasteiger partial charge in [-0.2, -0.15) is 0 Å². The summed E-state index contributed by atoms with van der Waals surface area (Å²) in [5, 5.41) is 54.0. The summed E-state index contributed by atoms with van der Waals surface area (Å²) in [7, 11) is 1.98. The molecule has 2 fully saturated rings. The molecule has 0 aromatic heterocycles. The third-order valence-corrected chi connectivity index (χ3v) is 7.34. The molecule has 1 unspecified atom stereocenters. The number of hydrogen-bond donors (Lipinski definition) is 8. The number of likely N-dealkylation sites (N-methyl/N-ethyl adjacent to an activating group) is 1. The van der Waals surface area contributed by atoms with Gasteiger partial charge in [-0.15, -0.1) is 0 Å². The van der Waals surface area contributed by atoms with Crippen LogP contribution in [0.3, 0.4) is 0 Å². The maximum Gasteiger partial charge on any atom is 0.247 e. The first-order valence-electron chi connectivity index (χ1n) is 13.6. The zero-order chi connectivity index (χ0) is 30.4. The van der Waals surface area contributed by atoms with Crippen LogP contribution >= 0.6 is 0 Å². The minimum absolute atomic E-state index is 0.0996. The average Bonchev–Trinajstić information content (AvgIpc) is 2.99. The molecular formula is C28H38N6O8. The zero-order valence-corrected chi connectivity index (χ0v) is 23.2. The number of nitrogens with two attached hydrogens (primary N) is 1. The van der Waals surface area contributed by atoms with Crippen molar-refractivity contribution in [1.29, 1.82) is 5.41 Å². The van der Waals surface area contributed by atoms with Gasteiger partial charge in [0.15, 0.2) is 0 Å². The molecule has 0 aliphatic carbocycles. The van der Waals surface area contributed by atoms with Crippen LogP contribution in [0.4, 0.5) is 5.69 Å². The number of amides is 2. The third kappa shape index (κ3) is 7.34. The van der Waals surface area contributed by atoms with Gasteiger partial charge in [-0.1, -0.05) is 30.3 Å². The Bertz CT molecular complexity index is 1250. The Morgan fingerprint density at radius 3 is 2.48 bits per heavy atom. The van der Waals surface area contributed by atoms with E-state index in [2.05, 4.69) is 15.5 Å². The predicted octanol–water partition coefficient (Wildman–Crippen LogP) is -1.81. The number of nitrogens with one attached hydrogen (secondary N) is 3. The number of para-hydroxylation sites is 1. The van der Waals surface area contributed by atoms with E-state index in [1.54, 1.807) is 47.4 Å². The third-order valence-electron chi connectivity index (χ3n) is 7.34. The molecule has 2 aliphatic heterocycles. The smallest absolute Gasteiger partial charge is 0.247 e. The van der Waals surface area contributed by atoms with E-state index < -0.39 is 49.3 Å². The number of nitrogens with zero attached hydrogens (tertiary/aromatic N) is 2. The minimum atomic E-state index is -1.66. The van der Waals surface area contributed by atoms with Crippen molar-refractivity contribution in [3.05, 3.63) is 59.7 Å². The number of anilines is 1. The molecule has 0 spiro atoms. The van der Waals surface area contributed by atoms with E-state index in [1.165, 1.54) is 6.07 Å². The van der Waals surface area contributed by atoms with E-state index in [-0.39, 0.29) is 24.0 Å². The van der Waals surface area contributed by atoms with Crippen LogP contribution in [-0.2, 0) is 14.3 Å². The van der Waals surface area contributed by atoms with Crippen molar-refractivity contribution in [3.8, 4) is 5.75 Å². The van der Waals surface area contributed by atoms with Crippen LogP contribution < -0.4 is 21.1 Å². The zero-order valence-electron chi connectivity index (χ0n) is 23.2. The van der Waals surface area contributed by atoms with Gasteiger partial charge in [0.05, 0.1) is 13.2 Å². The molecule has 2 aromatic carbocycles. The topological polar surface area (TPSA) is 214 Å². The van der Waals surface area contributed by atoms with Gasteiger partial charge in [-0.25, -0.2) is 0 Å². The van der Waals surface area contributed by atoms with Crippen LogP contribution in [-0.4, -0.2) is 125 Å². The van der Waals surface area contributed by atoms with E-state index in [9.17, 15) is 30.0 Å². The van der Waals surface area contributed by atoms with Crippen LogP contribution in [0.25, 0.3) is 0 Å². The number of benzene rings is 2. The Morgan fingerprint density at radius 1 is 1.07 bits per heavy atom. The number of aliphatic hydroxyl groups is 4. The Balaban J connectivity index is 1.59. The number of nitrogen functional groups attached to an aromatic ring is 1. The molecule has 6 atom stereocenters. The molecule has 14 heteroatoms. The van der Waals surface area contributed by atoms with E-state index in [4.69, 9.17) is 20.6 Å². The first-order valence-corrected chi connectivity index (χ1v) is 13.6. The lowest BCUT2D eigenvalue weighted by molar-refractivity contribution is -0.277. The minimum Gasteiger partial charge on any atom is -0.462 e. The average molecular weight is 587 g/mol. The molecule has 2 aromatic rings. The lowest BCUT2D eigenvalue weighted by atomic mass is 9.99. The first-order chi connectivity index (χ1) is 20.1. The summed E-state index contributed by atoms with van der Waals surface area (Å²) in [6.45, 7) is 1.72. The Labute approximate surface area is 243 Å². The molecule has 228 valence electrons. The summed E-state index contributed by atoms with van der Waals surface area (Å²) in [6, 6.07) is 11.9. The largest absolute Gasteiger partial charge is 0.462 e. The van der Waals surface area contributed by atoms with Crippen LogP contribution in [0.15, 0.2) is 48.5 Å². The van der Waals surface area contributed by atoms with Gasteiger partial charge in [-0.05, 0) is 25.2 Å². The van der Waals surface area contributed by atoms with Crippen LogP contribution in [0, 0.1) is 5.41 Å². The SMILES string of the molecule is CN1CCN(C(=O)CNC(=O)C(Nc2cccc(C(=N)N)c2)c2ccccc2O[C@@H]2O[C@H](CO)[C@@H](O)[C@H](O)[C@H]2O)CC1. The predicted molar refractivity (Wildman–Crippen MR) is 152 cm³/mol. The molecule has 2 amide bonds. The fourth-order valence-electron chi connectivity index (χ4n) is 4.78. The highest BCUT2D eigenvalue weighted by Gasteiger charge is 2.45. The summed E-state index contributed by atoms with van der Waals surface area (Å²) in [5.41, 5.74) is 6.83. The molecule has 2 saturated heterocycles. The van der Waals surface area contributed by atoms with Crippen molar-refractivity contribution >= 4 is 23.3 Å². The summed E-state index contributed by atoms with van der Waals surface area (Å²) in [6.07, 6.45) is -7.55. The molecule has 4 rings (SSSR count). The quantitative estimate of drug-likeness (QED) is 0.115. The number of amidine groups is 1. The molecule has 0 radical (unpaired) electrons. The van der Waals surface area contributed by atoms with Gasteiger partial charge in [0.25, 0.3) is 0 Å². The Kier molecular flexibility index (Phi) is 10.3. The number of ether oxygens (including phenoxy) is 2. The second-order valence-electron chi connectivity index (χ2n) is 10.3. The maximum absolute atomic E-state index is 13.6. The number of hydrogen-bond acceptors (Lipinski definition) is 11. The molecule has 2 aliphatic rings. The summed E-state index contributed by atoms with van der Waals surface area (Å²) >= 11 is 0. The monoisotopic (exact) mass is 586 g/mol. The molecule has 42 heavy (non-hydrogen) atoms.